The van der Waals surface area contributed by atoms with Gasteiger partial charge in [0.1, 0.15) is 11.4 Å². The number of nitrogens with zero attached hydrogens (tertiary/aromatic N) is 5. The fourth-order valence-corrected chi connectivity index (χ4v) is 6.15. The van der Waals surface area contributed by atoms with E-state index in [1.807, 2.05) is 90.1 Å². The standard InChI is InChI=1S/C41H43N7O4/c1-26-22-34(46-36(49)27-12-9-13-28(23-27)41(5,6)25-42)30-15-7-8-16-31(30)35(26)51-37-32(17-10-19-43-37)33-18-20-44-38(47-33)45-29-14-11-21-48(24-29)39(50)52-40(2,3)4/h7-10,12-13,15-20,22-23,29H,11,14,21,24H2,1-6H3,(H,46,49)(H,44,45,47)/t29-/m0/s1. The van der Waals surface area contributed by atoms with Crippen molar-refractivity contribution in [1.29, 1.82) is 5.26 Å². The zero-order valence-corrected chi connectivity index (χ0v) is 30.4. The van der Waals surface area contributed by atoms with Gasteiger partial charge in [0.2, 0.25) is 11.8 Å². The van der Waals surface area contributed by atoms with E-state index in [1.165, 1.54) is 0 Å². The Balaban J connectivity index is 1.24. The number of ether oxygens (including phenoxy) is 2. The second kappa shape index (κ2) is 14.7. The van der Waals surface area contributed by atoms with Crippen LogP contribution in [-0.4, -0.2) is 56.6 Å². The predicted molar refractivity (Wildman–Crippen MR) is 202 cm³/mol. The number of nitriles is 1. The molecule has 11 heteroatoms. The number of carbonyl (C=O) groups is 2. The highest BCUT2D eigenvalue weighted by molar-refractivity contribution is 6.10. The van der Waals surface area contributed by atoms with E-state index in [2.05, 4.69) is 26.7 Å². The van der Waals surface area contributed by atoms with Crippen LogP contribution in [-0.2, 0) is 10.2 Å². The van der Waals surface area contributed by atoms with Crippen LogP contribution in [0.3, 0.4) is 0 Å². The third-order valence-electron chi connectivity index (χ3n) is 8.86. The lowest BCUT2D eigenvalue weighted by Gasteiger charge is -2.34. The number of carbonyl (C=O) groups excluding carboxylic acids is 2. The van der Waals surface area contributed by atoms with Gasteiger partial charge in [0.25, 0.3) is 5.91 Å². The molecule has 5 aromatic rings. The Morgan fingerprint density at radius 3 is 2.50 bits per heavy atom. The van der Waals surface area contributed by atoms with Crippen LogP contribution in [0.4, 0.5) is 16.4 Å². The average molecular weight is 698 g/mol. The molecule has 0 spiro atoms. The van der Waals surface area contributed by atoms with E-state index < -0.39 is 11.0 Å². The first-order valence-electron chi connectivity index (χ1n) is 17.4. The number of aromatic nitrogens is 3. The maximum Gasteiger partial charge on any atom is 0.410 e. The molecule has 11 nitrogen and oxygen atoms in total. The van der Waals surface area contributed by atoms with Gasteiger partial charge in [0.05, 0.1) is 22.7 Å². The summed E-state index contributed by atoms with van der Waals surface area (Å²) >= 11 is 0. The average Bonchev–Trinajstić information content (AvgIpc) is 3.13. The zero-order chi connectivity index (χ0) is 37.0. The summed E-state index contributed by atoms with van der Waals surface area (Å²) in [7, 11) is 0. The molecule has 266 valence electrons. The van der Waals surface area contributed by atoms with Crippen LogP contribution >= 0.6 is 0 Å². The van der Waals surface area contributed by atoms with Crippen LogP contribution in [0.25, 0.3) is 22.0 Å². The highest BCUT2D eigenvalue weighted by atomic mass is 16.6. The maximum absolute atomic E-state index is 13.5. The van der Waals surface area contributed by atoms with E-state index in [4.69, 9.17) is 14.5 Å². The summed E-state index contributed by atoms with van der Waals surface area (Å²) in [5.41, 5.74) is 2.66. The van der Waals surface area contributed by atoms with Gasteiger partial charge >= 0.3 is 6.09 Å². The lowest BCUT2D eigenvalue weighted by atomic mass is 9.85. The Morgan fingerprint density at radius 2 is 1.73 bits per heavy atom. The number of amides is 2. The first-order chi connectivity index (χ1) is 24.8. The molecular formula is C41H43N7O4. The maximum atomic E-state index is 13.5. The van der Waals surface area contributed by atoms with Gasteiger partial charge in [-0.15, -0.1) is 0 Å². The number of likely N-dealkylation sites (tertiary alicyclic amines) is 1. The van der Waals surface area contributed by atoms with Gasteiger partial charge in [0.15, 0.2) is 0 Å². The van der Waals surface area contributed by atoms with Crippen LogP contribution < -0.4 is 15.4 Å². The molecule has 1 aliphatic heterocycles. The molecule has 1 aliphatic rings. The first kappa shape index (κ1) is 35.8. The molecule has 6 rings (SSSR count). The summed E-state index contributed by atoms with van der Waals surface area (Å²) < 4.78 is 12.2. The number of rotatable bonds is 8. The van der Waals surface area contributed by atoms with E-state index in [0.717, 1.165) is 34.7 Å². The molecule has 1 fully saturated rings. The minimum absolute atomic E-state index is 0.0394. The highest BCUT2D eigenvalue weighted by Gasteiger charge is 2.28. The molecule has 0 unspecified atom stereocenters. The Bertz CT molecular complexity index is 2170. The summed E-state index contributed by atoms with van der Waals surface area (Å²) in [5, 5.41) is 17.7. The van der Waals surface area contributed by atoms with E-state index >= 15 is 0 Å². The van der Waals surface area contributed by atoms with Crippen molar-refractivity contribution in [2.75, 3.05) is 23.7 Å². The number of piperidine rings is 1. The number of hydrogen-bond acceptors (Lipinski definition) is 9. The highest BCUT2D eigenvalue weighted by Crippen LogP contribution is 2.40. The Hall–Kier alpha value is -6.02. The lowest BCUT2D eigenvalue weighted by Crippen LogP contribution is -2.47. The van der Waals surface area contributed by atoms with E-state index in [9.17, 15) is 14.9 Å². The normalized spacial score (nSPS) is 14.7. The molecule has 2 aromatic heterocycles. The molecule has 3 heterocycles. The van der Waals surface area contributed by atoms with Gasteiger partial charge in [-0.1, -0.05) is 36.4 Å². The van der Waals surface area contributed by atoms with Crippen molar-refractivity contribution in [2.24, 2.45) is 0 Å². The molecule has 2 amide bonds. The minimum Gasteiger partial charge on any atom is -0.444 e. The molecule has 2 N–H and O–H groups in total. The predicted octanol–water partition coefficient (Wildman–Crippen LogP) is 8.66. The van der Waals surface area contributed by atoms with Crippen molar-refractivity contribution < 1.29 is 19.1 Å². The number of aryl methyl sites for hydroxylation is 1. The van der Waals surface area contributed by atoms with Crippen LogP contribution in [0.1, 0.15) is 68.9 Å². The van der Waals surface area contributed by atoms with Crippen molar-refractivity contribution in [3.63, 3.8) is 0 Å². The second-order valence-electron chi connectivity index (χ2n) is 14.5. The first-order valence-corrected chi connectivity index (χ1v) is 17.4. The van der Waals surface area contributed by atoms with Crippen molar-refractivity contribution >= 4 is 34.4 Å². The fraction of sp³-hybridized carbons (Fsp3) is 0.317. The molecular weight excluding hydrogens is 654 g/mol. The topological polar surface area (TPSA) is 142 Å². The number of pyridine rings is 1. The molecule has 0 saturated carbocycles. The largest absolute Gasteiger partial charge is 0.444 e. The Labute approximate surface area is 304 Å². The summed E-state index contributed by atoms with van der Waals surface area (Å²) in [6.07, 6.45) is 4.73. The van der Waals surface area contributed by atoms with Crippen LogP contribution in [0.15, 0.2) is 85.2 Å². The van der Waals surface area contributed by atoms with Crippen LogP contribution in [0, 0.1) is 18.3 Å². The van der Waals surface area contributed by atoms with Crippen LogP contribution in [0.5, 0.6) is 11.6 Å². The Morgan fingerprint density at radius 1 is 0.942 bits per heavy atom. The third-order valence-corrected chi connectivity index (χ3v) is 8.86. The van der Waals surface area contributed by atoms with E-state index in [-0.39, 0.29) is 18.0 Å². The van der Waals surface area contributed by atoms with E-state index in [1.54, 1.807) is 41.6 Å². The monoisotopic (exact) mass is 697 g/mol. The SMILES string of the molecule is Cc1cc(NC(=O)c2cccc(C(C)(C)C#N)c2)c2ccccc2c1Oc1ncccc1-c1ccnc(N[C@H]2CCCN(C(=O)OC(C)(C)C)C2)n1. The van der Waals surface area contributed by atoms with Crippen molar-refractivity contribution in [1.82, 2.24) is 19.9 Å². The number of fused-ring (bicyclic) bond motifs is 1. The molecule has 1 atom stereocenters. The molecule has 3 aromatic carbocycles. The van der Waals surface area contributed by atoms with Gasteiger partial charge in [0, 0.05) is 53.5 Å². The van der Waals surface area contributed by atoms with Crippen LogP contribution in [0.2, 0.25) is 0 Å². The van der Waals surface area contributed by atoms with Crippen molar-refractivity contribution in [3.05, 3.63) is 102 Å². The summed E-state index contributed by atoms with van der Waals surface area (Å²) in [4.78, 5) is 41.8. The molecule has 52 heavy (non-hydrogen) atoms. The quantitative estimate of drug-likeness (QED) is 0.163. The molecule has 0 radical (unpaired) electrons. The number of benzene rings is 3. The number of hydrogen-bond donors (Lipinski definition) is 2. The second-order valence-corrected chi connectivity index (χ2v) is 14.5. The number of anilines is 2. The van der Waals surface area contributed by atoms with Gasteiger partial charge in [-0.3, -0.25) is 4.79 Å². The minimum atomic E-state index is -0.729. The number of nitrogens with one attached hydrogen (secondary N) is 2. The van der Waals surface area contributed by atoms with Gasteiger partial charge in [-0.2, -0.15) is 5.26 Å². The Kier molecular flexibility index (Phi) is 10.1. The molecule has 0 aliphatic carbocycles. The molecule has 0 bridgehead atoms. The van der Waals surface area contributed by atoms with Crippen molar-refractivity contribution in [2.45, 2.75) is 71.4 Å². The van der Waals surface area contributed by atoms with Crippen molar-refractivity contribution in [3.8, 4) is 29.0 Å². The summed E-state index contributed by atoms with van der Waals surface area (Å²) in [6.45, 7) is 12.3. The lowest BCUT2D eigenvalue weighted by molar-refractivity contribution is 0.0206. The van der Waals surface area contributed by atoms with Gasteiger partial charge < -0.3 is 25.0 Å². The summed E-state index contributed by atoms with van der Waals surface area (Å²) in [5.74, 6) is 1.12. The molecule has 1 saturated heterocycles. The smallest absolute Gasteiger partial charge is 0.410 e. The third kappa shape index (κ3) is 8.13. The fourth-order valence-electron chi connectivity index (χ4n) is 6.15. The van der Waals surface area contributed by atoms with Gasteiger partial charge in [-0.25, -0.2) is 19.7 Å². The van der Waals surface area contributed by atoms with Gasteiger partial charge in [-0.05, 0) is 102 Å². The van der Waals surface area contributed by atoms with E-state index in [0.29, 0.717) is 53.2 Å². The zero-order valence-electron chi connectivity index (χ0n) is 30.4. The summed E-state index contributed by atoms with van der Waals surface area (Å²) in [6, 6.07) is 24.5.